The first kappa shape index (κ1) is 48.5. The molecule has 4 aromatic heterocycles. The van der Waals surface area contributed by atoms with E-state index in [0.717, 1.165) is 128 Å². The number of hydrogen-bond donors (Lipinski definition) is 0. The summed E-state index contributed by atoms with van der Waals surface area (Å²) >= 11 is 0. The molecular weight excluding hydrogens is 1030 g/mol. The average molecular weight is 1090 g/mol. The van der Waals surface area contributed by atoms with Gasteiger partial charge in [-0.3, -0.25) is 19.9 Å². The zero-order chi connectivity index (χ0) is 59.4. The molecule has 4 heteroatoms. The third kappa shape index (κ3) is 10.6. The van der Waals surface area contributed by atoms with E-state index >= 15 is 0 Å². The van der Waals surface area contributed by atoms with Crippen LogP contribution in [0.15, 0.2) is 322 Å². The molecule has 0 unspecified atom stereocenters. The second-order valence-corrected chi connectivity index (χ2v) is 21.1. The van der Waals surface area contributed by atoms with Crippen molar-refractivity contribution in [3.8, 4) is 145 Å². The first-order valence-electron chi connectivity index (χ1n) is 30.1. The van der Waals surface area contributed by atoms with E-state index < -0.39 is 6.85 Å². The van der Waals surface area contributed by atoms with Crippen molar-refractivity contribution in [1.82, 2.24) is 19.9 Å². The molecule has 4 nitrogen and oxygen atoms in total. The zero-order valence-electron chi connectivity index (χ0n) is 49.4. The third-order valence-corrected chi connectivity index (χ3v) is 15.9. The van der Waals surface area contributed by atoms with Gasteiger partial charge in [-0.15, -0.1) is 0 Å². The molecule has 0 aliphatic rings. The lowest BCUT2D eigenvalue weighted by Crippen LogP contribution is -1.96. The number of benzene rings is 10. The zero-order valence-corrected chi connectivity index (χ0v) is 46.4. The molecule has 400 valence electrons. The molecule has 14 aromatic rings. The van der Waals surface area contributed by atoms with Crippen LogP contribution in [0.4, 0.5) is 0 Å². The summed E-state index contributed by atoms with van der Waals surface area (Å²) in [4.78, 5) is 19.6. The van der Waals surface area contributed by atoms with Crippen LogP contribution in [-0.2, 0) is 0 Å². The Balaban J connectivity index is 0.984. The predicted molar refractivity (Wildman–Crippen MR) is 353 cm³/mol. The lowest BCUT2D eigenvalue weighted by Gasteiger charge is -2.20. The molecular formula is C81H56N4. The van der Waals surface area contributed by atoms with Gasteiger partial charge in [0.1, 0.15) is 0 Å². The van der Waals surface area contributed by atoms with Gasteiger partial charge in [0.25, 0.3) is 0 Å². The third-order valence-electron chi connectivity index (χ3n) is 15.9. The Morgan fingerprint density at radius 3 is 0.929 bits per heavy atom. The molecule has 0 aliphatic carbocycles. The van der Waals surface area contributed by atoms with Crippen LogP contribution in [0.1, 0.15) is 9.68 Å². The van der Waals surface area contributed by atoms with Gasteiger partial charge in [0.05, 0.1) is 22.8 Å². The fourth-order valence-electron chi connectivity index (χ4n) is 11.8. The van der Waals surface area contributed by atoms with E-state index in [-0.39, 0.29) is 5.56 Å². The quantitative estimate of drug-likeness (QED) is 0.115. The molecule has 0 N–H and O–H groups in total. The van der Waals surface area contributed by atoms with Crippen molar-refractivity contribution in [2.75, 3.05) is 0 Å². The van der Waals surface area contributed by atoms with Crippen LogP contribution in [0.2, 0.25) is 0 Å². The van der Waals surface area contributed by atoms with Crippen molar-refractivity contribution in [1.29, 1.82) is 0 Å². The summed E-state index contributed by atoms with van der Waals surface area (Å²) in [5.74, 6) is 0. The van der Waals surface area contributed by atoms with Crippen LogP contribution in [0.3, 0.4) is 0 Å². The molecule has 0 saturated carbocycles. The molecule has 14 rings (SSSR count). The van der Waals surface area contributed by atoms with Gasteiger partial charge in [0.15, 0.2) is 0 Å². The maximum atomic E-state index is 8.65. The molecule has 4 heterocycles. The van der Waals surface area contributed by atoms with E-state index in [9.17, 15) is 0 Å². The van der Waals surface area contributed by atoms with E-state index in [4.69, 9.17) is 24.0 Å². The highest BCUT2D eigenvalue weighted by Crippen LogP contribution is 2.47. The lowest BCUT2D eigenvalue weighted by molar-refractivity contribution is 1.23. The highest BCUT2D eigenvalue weighted by Gasteiger charge is 2.22. The molecule has 0 amide bonds. The minimum Gasteiger partial charge on any atom is -0.256 e. The standard InChI is InChI=1S/C81H56N4/c1-55-46-80(84-53-76(55)59-30-12-5-13-31-59)81-52-75(58-28-10-4-11-29-58)77(54-85-81)70-37-19-16-34-67(70)64-48-62(65-32-14-17-35-68(65)71-42-40-60(78-38-20-22-44-82-78)50-73(71)56-24-6-2-7-25-56)47-63(49-64)66-33-15-18-36-69(66)72-43-41-61(79-39-21-23-45-83-79)51-74(72)57-26-8-3-9-27-57/h2-54H,1H3/i1D3. The summed E-state index contributed by atoms with van der Waals surface area (Å²) in [6.07, 6.45) is 7.28. The molecule has 0 spiro atoms. The molecule has 0 saturated heterocycles. The summed E-state index contributed by atoms with van der Waals surface area (Å²) in [5, 5.41) is 0. The summed E-state index contributed by atoms with van der Waals surface area (Å²) in [5.41, 5.74) is 25.4. The smallest absolute Gasteiger partial charge is 0.0892 e. The fourth-order valence-corrected chi connectivity index (χ4v) is 11.8. The highest BCUT2D eigenvalue weighted by atomic mass is 14.8. The first-order chi connectivity index (χ1) is 43.3. The Bertz CT molecular complexity index is 4620. The van der Waals surface area contributed by atoms with Crippen LogP contribution in [-0.4, -0.2) is 19.9 Å². The van der Waals surface area contributed by atoms with E-state index in [0.29, 0.717) is 17.0 Å². The summed E-state index contributed by atoms with van der Waals surface area (Å²) in [6, 6.07) is 103. The van der Waals surface area contributed by atoms with Crippen LogP contribution < -0.4 is 0 Å². The monoisotopic (exact) mass is 1090 g/mol. The van der Waals surface area contributed by atoms with Gasteiger partial charge in [0, 0.05) is 51.2 Å². The van der Waals surface area contributed by atoms with Gasteiger partial charge in [-0.1, -0.05) is 231 Å². The Labute approximate surface area is 501 Å². The number of nitrogens with zero attached hydrogens (tertiary/aromatic N) is 4. The Morgan fingerprint density at radius 1 is 0.200 bits per heavy atom. The van der Waals surface area contributed by atoms with Gasteiger partial charge < -0.3 is 0 Å². The van der Waals surface area contributed by atoms with Crippen LogP contribution in [0.5, 0.6) is 0 Å². The topological polar surface area (TPSA) is 51.6 Å². The number of rotatable bonds is 13. The number of aromatic nitrogens is 4. The first-order valence-corrected chi connectivity index (χ1v) is 28.6. The summed E-state index contributed by atoms with van der Waals surface area (Å²) in [6.45, 7) is -2.40. The second-order valence-electron chi connectivity index (χ2n) is 21.1. The van der Waals surface area contributed by atoms with E-state index in [2.05, 4.69) is 218 Å². The summed E-state index contributed by atoms with van der Waals surface area (Å²) < 4.78 is 25.9. The predicted octanol–water partition coefficient (Wildman–Crippen LogP) is 21.2. The Hall–Kier alpha value is -11.2. The summed E-state index contributed by atoms with van der Waals surface area (Å²) in [7, 11) is 0. The van der Waals surface area contributed by atoms with Crippen LogP contribution >= 0.6 is 0 Å². The molecule has 0 radical (unpaired) electrons. The number of aryl methyl sites for hydroxylation is 1. The minimum absolute atomic E-state index is 0.218. The van der Waals surface area contributed by atoms with E-state index in [1.165, 1.54) is 0 Å². The minimum atomic E-state index is -2.40. The second kappa shape index (κ2) is 23.3. The maximum Gasteiger partial charge on any atom is 0.0892 e. The van der Waals surface area contributed by atoms with Gasteiger partial charge in [-0.2, -0.15) is 0 Å². The van der Waals surface area contributed by atoms with Gasteiger partial charge in [-0.25, -0.2) is 0 Å². The molecule has 85 heavy (non-hydrogen) atoms. The molecule has 0 fully saturated rings. The molecule has 10 aromatic carbocycles. The van der Waals surface area contributed by atoms with Crippen molar-refractivity contribution < 1.29 is 4.11 Å². The maximum absolute atomic E-state index is 8.65. The van der Waals surface area contributed by atoms with Crippen molar-refractivity contribution in [2.45, 2.75) is 6.85 Å². The van der Waals surface area contributed by atoms with Gasteiger partial charge >= 0.3 is 0 Å². The van der Waals surface area contributed by atoms with E-state index in [1.54, 1.807) is 12.3 Å². The van der Waals surface area contributed by atoms with E-state index in [1.807, 2.05) is 91.4 Å². The Kier molecular flexibility index (Phi) is 13.3. The average Bonchev–Trinajstić information content (AvgIpc) is 2.43. The lowest BCUT2D eigenvalue weighted by atomic mass is 9.83. The van der Waals surface area contributed by atoms with Gasteiger partial charge in [0.2, 0.25) is 0 Å². The van der Waals surface area contributed by atoms with Gasteiger partial charge in [-0.05, 0) is 179 Å². The molecule has 0 bridgehead atoms. The van der Waals surface area contributed by atoms with Crippen molar-refractivity contribution >= 4 is 0 Å². The number of pyridine rings is 4. The highest BCUT2D eigenvalue weighted by molar-refractivity contribution is 6.00. The molecule has 0 aliphatic heterocycles. The van der Waals surface area contributed by atoms with Crippen molar-refractivity contribution in [3.05, 3.63) is 328 Å². The van der Waals surface area contributed by atoms with Crippen LogP contribution in [0.25, 0.3) is 145 Å². The van der Waals surface area contributed by atoms with Crippen molar-refractivity contribution in [2.24, 2.45) is 0 Å². The van der Waals surface area contributed by atoms with Crippen LogP contribution in [0, 0.1) is 6.85 Å². The fraction of sp³-hybridized carbons (Fsp3) is 0.0123. The SMILES string of the molecule is [2H]C([2H])([2H])c1cc(-c2cc(-c3ccccc3)c(-c3ccccc3-c3cc(-c4ccccc4-c4ccc(-c5ccccn5)cc4-c4ccccc4)cc(-c4ccccc4-c4ccc(-c5ccccn5)cc4-c4ccccc4)c3)cn2)ncc1-c1ccccc1. The Morgan fingerprint density at radius 2 is 0.529 bits per heavy atom. The largest absolute Gasteiger partial charge is 0.256 e. The number of hydrogen-bond acceptors (Lipinski definition) is 4. The van der Waals surface area contributed by atoms with Crippen molar-refractivity contribution in [3.63, 3.8) is 0 Å². The molecule has 0 atom stereocenters. The normalized spacial score (nSPS) is 11.8.